The summed E-state index contributed by atoms with van der Waals surface area (Å²) < 4.78 is 41.1. The van der Waals surface area contributed by atoms with Crippen LogP contribution in [0.1, 0.15) is 12.8 Å². The van der Waals surface area contributed by atoms with Crippen molar-refractivity contribution in [1.29, 1.82) is 0 Å². The molecule has 1 aliphatic heterocycles. The van der Waals surface area contributed by atoms with E-state index in [2.05, 4.69) is 0 Å². The first-order valence-corrected chi connectivity index (χ1v) is 9.63. The highest BCUT2D eigenvalue weighted by atomic mass is 32.2. The highest BCUT2D eigenvalue weighted by Gasteiger charge is 2.54. The second-order valence-electron chi connectivity index (χ2n) is 6.78. The number of thioether (sulfide) groups is 1. The molecule has 7 heteroatoms. The molecule has 3 nitrogen and oxygen atoms in total. The highest BCUT2D eigenvalue weighted by molar-refractivity contribution is 8.03. The summed E-state index contributed by atoms with van der Waals surface area (Å²) in [6.45, 7) is 0. The molecule has 144 valence electrons. The smallest absolute Gasteiger partial charge is 0.274 e. The number of hydrogen-bond donors (Lipinski definition) is 0. The lowest BCUT2D eigenvalue weighted by molar-refractivity contribution is -0.122. The lowest BCUT2D eigenvalue weighted by Gasteiger charge is -2.28. The number of alkyl halides is 3. The first-order chi connectivity index (χ1) is 13.4. The molecule has 0 radical (unpaired) electrons. The number of hydrogen-bond acceptors (Lipinski definition) is 3. The van der Waals surface area contributed by atoms with Crippen molar-refractivity contribution in [3.63, 3.8) is 0 Å². The number of carbonyl (C=O) groups excluding carboxylic acids is 2. The molecule has 2 amide bonds. The molecule has 2 aromatic carbocycles. The second-order valence-corrected chi connectivity index (χ2v) is 7.95. The Labute approximate surface area is 164 Å². The third-order valence-corrected chi connectivity index (χ3v) is 6.23. The molecule has 2 aromatic rings. The molecule has 4 rings (SSSR count). The van der Waals surface area contributed by atoms with Crippen molar-refractivity contribution in [2.45, 2.75) is 23.9 Å². The zero-order valence-electron chi connectivity index (χ0n) is 14.6. The SMILES string of the molecule is O=C1C2CC(Sc3ccccc3)=C(C(F)(F)F)CC2C(=O)N1c1ccccc1. The van der Waals surface area contributed by atoms with Gasteiger partial charge in [0.05, 0.1) is 17.5 Å². The Bertz CT molecular complexity index is 941. The zero-order valence-corrected chi connectivity index (χ0v) is 15.5. The van der Waals surface area contributed by atoms with Gasteiger partial charge in [-0.25, -0.2) is 0 Å². The Morgan fingerprint density at radius 1 is 0.821 bits per heavy atom. The fourth-order valence-electron chi connectivity index (χ4n) is 3.74. The van der Waals surface area contributed by atoms with Crippen molar-refractivity contribution in [2.24, 2.45) is 11.8 Å². The number of para-hydroxylation sites is 1. The van der Waals surface area contributed by atoms with Crippen molar-refractivity contribution in [1.82, 2.24) is 0 Å². The summed E-state index contributed by atoms with van der Waals surface area (Å²) in [7, 11) is 0. The molecular formula is C21H16F3NO2S. The first kappa shape index (κ1) is 18.8. The average Bonchev–Trinajstić information content (AvgIpc) is 2.92. The first-order valence-electron chi connectivity index (χ1n) is 8.81. The van der Waals surface area contributed by atoms with E-state index in [1.54, 1.807) is 60.7 Å². The summed E-state index contributed by atoms with van der Waals surface area (Å²) in [6.07, 6.45) is -5.07. The molecular weight excluding hydrogens is 387 g/mol. The van der Waals surface area contributed by atoms with Crippen LogP contribution in [0.15, 0.2) is 76.0 Å². The number of imide groups is 1. The Morgan fingerprint density at radius 2 is 1.36 bits per heavy atom. The van der Waals surface area contributed by atoms with Crippen LogP contribution in [0.3, 0.4) is 0 Å². The molecule has 1 fully saturated rings. The van der Waals surface area contributed by atoms with E-state index in [9.17, 15) is 22.8 Å². The molecule has 0 saturated carbocycles. The van der Waals surface area contributed by atoms with E-state index in [0.717, 1.165) is 16.7 Å². The van der Waals surface area contributed by atoms with Crippen molar-refractivity contribution >= 4 is 29.3 Å². The third-order valence-electron chi connectivity index (χ3n) is 5.07. The Balaban J connectivity index is 1.69. The van der Waals surface area contributed by atoms with Gasteiger partial charge in [0.2, 0.25) is 11.8 Å². The summed E-state index contributed by atoms with van der Waals surface area (Å²) in [4.78, 5) is 27.5. The van der Waals surface area contributed by atoms with Crippen LogP contribution < -0.4 is 4.90 Å². The third kappa shape index (κ3) is 3.35. The van der Waals surface area contributed by atoms with Crippen LogP contribution in [0.4, 0.5) is 18.9 Å². The Hall–Kier alpha value is -2.54. The van der Waals surface area contributed by atoms with E-state index in [4.69, 9.17) is 0 Å². The fraction of sp³-hybridized carbons (Fsp3) is 0.238. The number of carbonyl (C=O) groups is 2. The molecule has 2 atom stereocenters. The van der Waals surface area contributed by atoms with Crippen LogP contribution in [0.25, 0.3) is 0 Å². The maximum atomic E-state index is 13.7. The minimum atomic E-state index is -4.54. The number of allylic oxidation sites excluding steroid dienone is 2. The second kappa shape index (κ2) is 7.13. The molecule has 0 N–H and O–H groups in total. The van der Waals surface area contributed by atoms with Crippen molar-refractivity contribution in [2.75, 3.05) is 4.90 Å². The van der Waals surface area contributed by atoms with Crippen LogP contribution in [0.2, 0.25) is 0 Å². The lowest BCUT2D eigenvalue weighted by atomic mass is 9.81. The lowest BCUT2D eigenvalue weighted by Crippen LogP contribution is -2.30. The van der Waals surface area contributed by atoms with Gasteiger partial charge in [-0.2, -0.15) is 13.2 Å². The normalized spacial score (nSPS) is 22.6. The van der Waals surface area contributed by atoms with Crippen LogP contribution in [-0.2, 0) is 9.59 Å². The Kier molecular flexibility index (Phi) is 4.79. The fourth-order valence-corrected chi connectivity index (χ4v) is 4.90. The van der Waals surface area contributed by atoms with Gasteiger partial charge in [-0.15, -0.1) is 0 Å². The number of amides is 2. The maximum absolute atomic E-state index is 13.7. The summed E-state index contributed by atoms with van der Waals surface area (Å²) in [5.41, 5.74) is -0.295. The Morgan fingerprint density at radius 3 is 1.93 bits per heavy atom. The number of nitrogens with zero attached hydrogens (tertiary/aromatic N) is 1. The zero-order chi connectivity index (χ0) is 19.9. The van der Waals surface area contributed by atoms with E-state index < -0.39 is 41.8 Å². The van der Waals surface area contributed by atoms with Crippen LogP contribution in [0, 0.1) is 11.8 Å². The van der Waals surface area contributed by atoms with Gasteiger partial charge in [0.1, 0.15) is 0 Å². The minimum absolute atomic E-state index is 0.0764. The van der Waals surface area contributed by atoms with Crippen molar-refractivity contribution in [3.8, 4) is 0 Å². The van der Waals surface area contributed by atoms with Crippen LogP contribution >= 0.6 is 11.8 Å². The van der Waals surface area contributed by atoms with Gasteiger partial charge in [-0.05, 0) is 42.0 Å². The van der Waals surface area contributed by atoms with E-state index in [1.165, 1.54) is 0 Å². The maximum Gasteiger partial charge on any atom is 0.413 e. The molecule has 1 heterocycles. The minimum Gasteiger partial charge on any atom is -0.274 e. The summed E-state index contributed by atoms with van der Waals surface area (Å²) in [5, 5.41) is 0. The largest absolute Gasteiger partial charge is 0.413 e. The monoisotopic (exact) mass is 403 g/mol. The van der Waals surface area contributed by atoms with Gasteiger partial charge in [0, 0.05) is 10.5 Å². The van der Waals surface area contributed by atoms with Crippen molar-refractivity contribution in [3.05, 3.63) is 71.1 Å². The molecule has 1 aliphatic carbocycles. The summed E-state index contributed by atoms with van der Waals surface area (Å²) in [5.74, 6) is -2.70. The average molecular weight is 403 g/mol. The van der Waals surface area contributed by atoms with E-state index in [-0.39, 0.29) is 11.3 Å². The molecule has 0 bridgehead atoms. The molecule has 0 aromatic heterocycles. The van der Waals surface area contributed by atoms with Gasteiger partial charge >= 0.3 is 6.18 Å². The topological polar surface area (TPSA) is 37.4 Å². The highest BCUT2D eigenvalue weighted by Crippen LogP contribution is 2.50. The standard InChI is InChI=1S/C21H16F3NO2S/c22-21(23,24)17-11-15-16(12-18(17)28-14-9-5-2-6-10-14)20(27)25(19(15)26)13-7-3-1-4-8-13/h1-10,15-16H,11-12H2. The van der Waals surface area contributed by atoms with Gasteiger partial charge in [-0.1, -0.05) is 48.2 Å². The van der Waals surface area contributed by atoms with E-state index in [0.29, 0.717) is 10.6 Å². The number of halogens is 3. The molecule has 2 unspecified atom stereocenters. The predicted molar refractivity (Wildman–Crippen MR) is 101 cm³/mol. The molecule has 2 aliphatic rings. The van der Waals surface area contributed by atoms with Gasteiger partial charge in [0.15, 0.2) is 0 Å². The number of rotatable bonds is 3. The van der Waals surface area contributed by atoms with Gasteiger partial charge in [0.25, 0.3) is 0 Å². The van der Waals surface area contributed by atoms with Crippen molar-refractivity contribution < 1.29 is 22.8 Å². The quantitative estimate of drug-likeness (QED) is 0.662. The van der Waals surface area contributed by atoms with Gasteiger partial charge in [-0.3, -0.25) is 14.5 Å². The van der Waals surface area contributed by atoms with E-state index >= 15 is 0 Å². The predicted octanol–water partition coefficient (Wildman–Crippen LogP) is 5.19. The van der Waals surface area contributed by atoms with Crippen LogP contribution in [-0.4, -0.2) is 18.0 Å². The number of fused-ring (bicyclic) bond motifs is 1. The van der Waals surface area contributed by atoms with Gasteiger partial charge < -0.3 is 0 Å². The molecule has 28 heavy (non-hydrogen) atoms. The number of benzene rings is 2. The molecule has 1 saturated heterocycles. The van der Waals surface area contributed by atoms with Crippen LogP contribution in [0.5, 0.6) is 0 Å². The number of anilines is 1. The molecule has 0 spiro atoms. The summed E-state index contributed by atoms with van der Waals surface area (Å²) >= 11 is 1.03. The summed E-state index contributed by atoms with van der Waals surface area (Å²) in [6, 6.07) is 17.1. The van der Waals surface area contributed by atoms with E-state index in [1.807, 2.05) is 0 Å².